The number of nitrogens with zero attached hydrogens (tertiary/aromatic N) is 2. The maximum atomic E-state index is 12.0. The van der Waals surface area contributed by atoms with E-state index in [1.807, 2.05) is 125 Å². The fraction of sp³-hybridized carbons (Fsp3) is 0.333. The van der Waals surface area contributed by atoms with E-state index in [1.165, 1.54) is 0 Å². The zero-order chi connectivity index (χ0) is 61.5. The Bertz CT molecular complexity index is 3240. The van der Waals surface area contributed by atoms with Crippen LogP contribution in [0.5, 0.6) is 23.0 Å². The zero-order valence-electron chi connectivity index (χ0n) is 50.8. The molecule has 0 saturated carbocycles. The van der Waals surface area contributed by atoms with Crippen molar-refractivity contribution in [2.75, 3.05) is 52.9 Å². The molecule has 7 aromatic rings. The van der Waals surface area contributed by atoms with Gasteiger partial charge in [0.2, 0.25) is 0 Å². The average Bonchev–Trinajstić information content (AvgIpc) is 2.29. The lowest BCUT2D eigenvalue weighted by atomic mass is 10.0. The largest absolute Gasteiger partial charge is 0.494 e. The first-order chi connectivity index (χ1) is 43.1. The van der Waals surface area contributed by atoms with Crippen LogP contribution in [0.3, 0.4) is 0 Å². The minimum absolute atomic E-state index is 0.202. The first-order valence-electron chi connectivity index (χ1n) is 30.8. The molecule has 0 aliphatic carbocycles. The van der Waals surface area contributed by atoms with Crippen molar-refractivity contribution in [3.05, 3.63) is 144 Å². The normalized spacial score (nSPS) is 11.5. The summed E-state index contributed by atoms with van der Waals surface area (Å²) in [5.41, 5.74) is 13.4. The van der Waals surface area contributed by atoms with Crippen molar-refractivity contribution >= 4 is 70.2 Å². The van der Waals surface area contributed by atoms with Crippen molar-refractivity contribution in [2.24, 2.45) is 0 Å². The van der Waals surface area contributed by atoms with Gasteiger partial charge in [0.05, 0.1) is 75.6 Å². The van der Waals surface area contributed by atoms with Crippen LogP contribution in [0, 0.1) is 0 Å². The smallest absolute Gasteiger partial charge is 0.305 e. The molecule has 0 amide bonds. The number of hydrogen-bond donors (Lipinski definition) is 2. The molecule has 0 atom stereocenters. The Morgan fingerprint density at radius 2 is 0.523 bits per heavy atom. The number of ether oxygens (including phenoxy) is 8. The van der Waals surface area contributed by atoms with Crippen molar-refractivity contribution in [1.29, 1.82) is 0 Å². The van der Waals surface area contributed by atoms with E-state index in [4.69, 9.17) is 47.9 Å². The SMILES string of the molecule is CCOC(=O)CCCCOc1ccc(-c2c3nc(c(-c4ccc(OCCCCC(=O)OCC)cc4)c4ccc([nH]4)c(-c4ccc(OCCCCC(=O)OCC)cc4)c4nc(c(-c5ccc(OCCCCC(=O)OCC)cc5)c5ccc2[nH]5)C=C4)C=C3)cc1. The molecule has 0 unspecified atom stereocenters. The van der Waals surface area contributed by atoms with Gasteiger partial charge in [-0.15, -0.1) is 0 Å². The van der Waals surface area contributed by atoms with E-state index in [-0.39, 0.29) is 23.9 Å². The molecule has 0 spiro atoms. The highest BCUT2D eigenvalue weighted by Gasteiger charge is 2.20. The highest BCUT2D eigenvalue weighted by Crippen LogP contribution is 2.40. The molecule has 16 heteroatoms. The zero-order valence-corrected chi connectivity index (χ0v) is 50.8. The summed E-state index contributed by atoms with van der Waals surface area (Å²) in [6.07, 6.45) is 15.1. The van der Waals surface area contributed by atoms with Crippen LogP contribution in [-0.4, -0.2) is 96.7 Å². The first-order valence-corrected chi connectivity index (χ1v) is 30.8. The van der Waals surface area contributed by atoms with E-state index in [0.29, 0.717) is 153 Å². The maximum absolute atomic E-state index is 12.0. The maximum Gasteiger partial charge on any atom is 0.305 e. The third-order valence-electron chi connectivity index (χ3n) is 14.7. The Kier molecular flexibility index (Phi) is 23.2. The van der Waals surface area contributed by atoms with Crippen LogP contribution < -0.4 is 18.9 Å². The molecule has 2 aliphatic rings. The second-order valence-electron chi connectivity index (χ2n) is 21.0. The molecule has 0 saturated heterocycles. The van der Waals surface area contributed by atoms with Gasteiger partial charge in [0.25, 0.3) is 0 Å². The molecule has 0 radical (unpaired) electrons. The van der Waals surface area contributed by atoms with E-state index in [0.717, 1.165) is 89.4 Å². The highest BCUT2D eigenvalue weighted by atomic mass is 16.5. The number of nitrogens with one attached hydrogen (secondary N) is 2. The number of H-pyrrole nitrogens is 2. The number of rotatable bonds is 32. The molecule has 88 heavy (non-hydrogen) atoms. The Morgan fingerprint density at radius 1 is 0.307 bits per heavy atom. The molecule has 5 heterocycles. The Balaban J connectivity index is 1.16. The summed E-state index contributed by atoms with van der Waals surface area (Å²) in [6.45, 7) is 10.5. The predicted molar refractivity (Wildman–Crippen MR) is 345 cm³/mol. The second kappa shape index (κ2) is 32.3. The third kappa shape index (κ3) is 17.4. The number of carbonyl (C=O) groups is 4. The molecule has 9 rings (SSSR count). The summed E-state index contributed by atoms with van der Waals surface area (Å²) in [5.74, 6) is 2.02. The second-order valence-corrected chi connectivity index (χ2v) is 21.0. The molecule has 3 aromatic heterocycles. The van der Waals surface area contributed by atoms with E-state index in [1.54, 1.807) is 0 Å². The van der Waals surface area contributed by atoms with Gasteiger partial charge in [0.1, 0.15) is 23.0 Å². The van der Waals surface area contributed by atoms with E-state index in [9.17, 15) is 19.2 Å². The molecule has 4 aromatic carbocycles. The fourth-order valence-electron chi connectivity index (χ4n) is 10.5. The average molecular weight is 1190 g/mol. The summed E-state index contributed by atoms with van der Waals surface area (Å²) in [7, 11) is 0. The molecular weight excluding hydrogens is 1110 g/mol. The molecular formula is C72H78N4O12. The molecule has 8 bridgehead atoms. The van der Waals surface area contributed by atoms with Crippen LogP contribution in [0.25, 0.3) is 90.9 Å². The monoisotopic (exact) mass is 1190 g/mol. The minimum Gasteiger partial charge on any atom is -0.494 e. The lowest BCUT2D eigenvalue weighted by molar-refractivity contribution is -0.144. The van der Waals surface area contributed by atoms with Crippen LogP contribution in [0.1, 0.15) is 128 Å². The first kappa shape index (κ1) is 63.1. The van der Waals surface area contributed by atoms with Crippen LogP contribution in [0.2, 0.25) is 0 Å². The quantitative estimate of drug-likeness (QED) is 0.0229. The standard InChI is InChI=1S/C72H78N4O12/c1-5-81-65(77)17-9-13-45-85-53-29-21-49(22-30-53)69-57-37-39-59(73-57)70(50-23-31-54(32-24-50)86-46-14-10-18-66(78)82-6-2)61-41-43-63(75-61)72(52-27-35-56(36-28-52)88-48-16-12-20-68(80)84-8-4)64-44-42-62(76-64)71(60-40-38-58(69)74-60)51-25-33-55(34-26-51)87-47-15-11-19-67(79)83-7-3/h21-44,73,76H,5-20,45-48H2,1-4H3. The Morgan fingerprint density at radius 3 is 0.727 bits per heavy atom. The topological polar surface area (TPSA) is 199 Å². The van der Waals surface area contributed by atoms with Gasteiger partial charge in [-0.05, 0) is 198 Å². The summed E-state index contributed by atoms with van der Waals surface area (Å²) in [6, 6.07) is 40.4. The Labute approximate surface area is 514 Å². The number of benzene rings is 4. The molecule has 0 fully saturated rings. The van der Waals surface area contributed by atoms with Gasteiger partial charge in [-0.3, -0.25) is 19.2 Å². The van der Waals surface area contributed by atoms with Gasteiger partial charge in [0.15, 0.2) is 0 Å². The number of esters is 4. The number of unbranched alkanes of at least 4 members (excludes halogenated alkanes) is 4. The summed E-state index contributed by atoms with van der Waals surface area (Å²) in [4.78, 5) is 66.5. The lowest BCUT2D eigenvalue weighted by Crippen LogP contribution is -2.05. The van der Waals surface area contributed by atoms with Crippen LogP contribution >= 0.6 is 0 Å². The van der Waals surface area contributed by atoms with E-state index in [2.05, 4.69) is 58.5 Å². The molecule has 458 valence electrons. The van der Waals surface area contributed by atoms with Crippen molar-refractivity contribution in [1.82, 2.24) is 19.9 Å². The predicted octanol–water partition coefficient (Wildman–Crippen LogP) is 15.8. The number of hydrogen-bond acceptors (Lipinski definition) is 14. The summed E-state index contributed by atoms with van der Waals surface area (Å²) >= 11 is 0. The van der Waals surface area contributed by atoms with E-state index >= 15 is 0 Å². The minimum atomic E-state index is -0.202. The Hall–Kier alpha value is -9.44. The molecule has 2 aliphatic heterocycles. The van der Waals surface area contributed by atoms with Gasteiger partial charge in [-0.25, -0.2) is 9.97 Å². The van der Waals surface area contributed by atoms with Gasteiger partial charge >= 0.3 is 23.9 Å². The summed E-state index contributed by atoms with van der Waals surface area (Å²) in [5, 5.41) is 0. The van der Waals surface area contributed by atoms with Crippen molar-refractivity contribution < 1.29 is 57.1 Å². The van der Waals surface area contributed by atoms with Crippen molar-refractivity contribution in [3.63, 3.8) is 0 Å². The van der Waals surface area contributed by atoms with Crippen molar-refractivity contribution in [3.8, 4) is 67.5 Å². The number of fused-ring (bicyclic) bond motifs is 8. The number of aromatic nitrogens is 4. The van der Waals surface area contributed by atoms with Crippen LogP contribution in [0.15, 0.2) is 121 Å². The van der Waals surface area contributed by atoms with Crippen LogP contribution in [0.4, 0.5) is 0 Å². The summed E-state index contributed by atoms with van der Waals surface area (Å²) < 4.78 is 45.1. The van der Waals surface area contributed by atoms with Crippen molar-refractivity contribution in [2.45, 2.75) is 105 Å². The van der Waals surface area contributed by atoms with Crippen LogP contribution in [-0.2, 0) is 38.1 Å². The van der Waals surface area contributed by atoms with Gasteiger partial charge < -0.3 is 47.9 Å². The van der Waals surface area contributed by atoms with Gasteiger partial charge in [-0.2, -0.15) is 0 Å². The number of carbonyl (C=O) groups excluding carboxylic acids is 4. The van der Waals surface area contributed by atoms with E-state index < -0.39 is 0 Å². The lowest BCUT2D eigenvalue weighted by Gasteiger charge is -2.10. The van der Waals surface area contributed by atoms with Gasteiger partial charge in [0, 0.05) is 70.0 Å². The van der Waals surface area contributed by atoms with Gasteiger partial charge in [-0.1, -0.05) is 48.5 Å². The molecule has 2 N–H and O–H groups in total. The molecule has 16 nitrogen and oxygen atoms in total. The fourth-order valence-corrected chi connectivity index (χ4v) is 10.5. The highest BCUT2D eigenvalue weighted by molar-refractivity contribution is 6.00. The third-order valence-corrected chi connectivity index (χ3v) is 14.7. The number of aromatic amines is 2.